The topological polar surface area (TPSA) is 75.4 Å². The van der Waals surface area contributed by atoms with Crippen LogP contribution in [0.1, 0.15) is 36.0 Å². The van der Waals surface area contributed by atoms with Crippen molar-refractivity contribution in [2.24, 2.45) is 5.92 Å². The van der Waals surface area contributed by atoms with Crippen molar-refractivity contribution in [2.45, 2.75) is 31.8 Å². The lowest BCUT2D eigenvalue weighted by Crippen LogP contribution is -2.32. The largest absolute Gasteiger partial charge is 0.396 e. The number of nitrogen functional groups attached to an aromatic ring is 1. The standard InChI is InChI=1S/C14H19FN2O2/c15-12-6-3-10(7-13(12)16)14(19)17-8-9-1-4-11(18)5-2-9/h3,6-7,9,11,18H,1-2,4-5,8,16H2,(H,17,19). The molecule has 0 unspecified atom stereocenters. The van der Waals surface area contributed by atoms with Gasteiger partial charge in [-0.1, -0.05) is 0 Å². The number of carbonyl (C=O) groups is 1. The highest BCUT2D eigenvalue weighted by Gasteiger charge is 2.20. The summed E-state index contributed by atoms with van der Waals surface area (Å²) in [5, 5.41) is 12.2. The monoisotopic (exact) mass is 266 g/mol. The highest BCUT2D eigenvalue weighted by Crippen LogP contribution is 2.23. The summed E-state index contributed by atoms with van der Waals surface area (Å²) in [5.74, 6) is -0.346. The summed E-state index contributed by atoms with van der Waals surface area (Å²) >= 11 is 0. The van der Waals surface area contributed by atoms with E-state index in [0.717, 1.165) is 25.7 Å². The molecule has 1 aromatic rings. The molecule has 19 heavy (non-hydrogen) atoms. The molecule has 5 heteroatoms. The molecule has 2 rings (SSSR count). The Balaban J connectivity index is 1.85. The van der Waals surface area contributed by atoms with Crippen LogP contribution >= 0.6 is 0 Å². The van der Waals surface area contributed by atoms with E-state index in [1.54, 1.807) is 0 Å². The Bertz CT molecular complexity index is 457. The summed E-state index contributed by atoms with van der Waals surface area (Å²) in [4.78, 5) is 11.9. The number of carbonyl (C=O) groups excluding carboxylic acids is 1. The summed E-state index contributed by atoms with van der Waals surface area (Å²) < 4.78 is 13.0. The first-order valence-corrected chi connectivity index (χ1v) is 6.57. The van der Waals surface area contributed by atoms with Gasteiger partial charge in [0.25, 0.3) is 5.91 Å². The zero-order chi connectivity index (χ0) is 13.8. The zero-order valence-electron chi connectivity index (χ0n) is 10.7. The van der Waals surface area contributed by atoms with Crippen LogP contribution < -0.4 is 11.1 Å². The van der Waals surface area contributed by atoms with E-state index in [4.69, 9.17) is 5.73 Å². The van der Waals surface area contributed by atoms with Crippen LogP contribution in [0.3, 0.4) is 0 Å². The molecular weight excluding hydrogens is 247 g/mol. The van der Waals surface area contributed by atoms with Crippen LogP contribution in [0.15, 0.2) is 18.2 Å². The SMILES string of the molecule is Nc1cc(C(=O)NCC2CCC(O)CC2)ccc1F. The molecule has 1 aliphatic carbocycles. The van der Waals surface area contributed by atoms with Crippen molar-refractivity contribution in [2.75, 3.05) is 12.3 Å². The van der Waals surface area contributed by atoms with E-state index in [2.05, 4.69) is 5.32 Å². The van der Waals surface area contributed by atoms with Crippen LogP contribution in [0.2, 0.25) is 0 Å². The summed E-state index contributed by atoms with van der Waals surface area (Å²) in [6, 6.07) is 3.96. The van der Waals surface area contributed by atoms with Crippen molar-refractivity contribution in [3.63, 3.8) is 0 Å². The van der Waals surface area contributed by atoms with Gasteiger partial charge in [-0.25, -0.2) is 4.39 Å². The molecule has 1 aliphatic rings. The van der Waals surface area contributed by atoms with Gasteiger partial charge in [0.2, 0.25) is 0 Å². The number of halogens is 1. The number of anilines is 1. The quantitative estimate of drug-likeness (QED) is 0.729. The second kappa shape index (κ2) is 6.02. The molecule has 0 aliphatic heterocycles. The van der Waals surface area contributed by atoms with Gasteiger partial charge in [-0.3, -0.25) is 4.79 Å². The van der Waals surface area contributed by atoms with E-state index in [1.807, 2.05) is 0 Å². The lowest BCUT2D eigenvalue weighted by molar-refractivity contribution is 0.0910. The van der Waals surface area contributed by atoms with E-state index in [1.165, 1.54) is 18.2 Å². The molecule has 1 amide bonds. The predicted octanol–water partition coefficient (Wildman–Crippen LogP) is 1.69. The number of benzene rings is 1. The number of nitrogens with two attached hydrogens (primary N) is 1. The van der Waals surface area contributed by atoms with Gasteiger partial charge in [0.05, 0.1) is 11.8 Å². The third-order valence-corrected chi connectivity index (χ3v) is 3.63. The fraction of sp³-hybridized carbons (Fsp3) is 0.500. The third-order valence-electron chi connectivity index (χ3n) is 3.63. The van der Waals surface area contributed by atoms with E-state index in [-0.39, 0.29) is 17.7 Å². The molecule has 1 fully saturated rings. The molecule has 4 N–H and O–H groups in total. The maximum absolute atomic E-state index is 13.0. The number of rotatable bonds is 3. The van der Waals surface area contributed by atoms with Gasteiger partial charge in [0, 0.05) is 12.1 Å². The fourth-order valence-corrected chi connectivity index (χ4v) is 2.37. The Morgan fingerprint density at radius 2 is 2.05 bits per heavy atom. The molecule has 4 nitrogen and oxygen atoms in total. The molecule has 0 aromatic heterocycles. The Morgan fingerprint density at radius 3 is 2.68 bits per heavy atom. The highest BCUT2D eigenvalue weighted by atomic mass is 19.1. The van der Waals surface area contributed by atoms with Crippen LogP contribution in [0.25, 0.3) is 0 Å². The lowest BCUT2D eigenvalue weighted by Gasteiger charge is -2.25. The summed E-state index contributed by atoms with van der Waals surface area (Å²) in [7, 11) is 0. The van der Waals surface area contributed by atoms with Gasteiger partial charge in [0.1, 0.15) is 5.82 Å². The number of aliphatic hydroxyl groups excluding tert-OH is 1. The Kier molecular flexibility index (Phi) is 4.37. The van der Waals surface area contributed by atoms with Crippen molar-refractivity contribution in [3.05, 3.63) is 29.6 Å². The predicted molar refractivity (Wildman–Crippen MR) is 71.1 cm³/mol. The highest BCUT2D eigenvalue weighted by molar-refractivity contribution is 5.95. The minimum atomic E-state index is -0.516. The van der Waals surface area contributed by atoms with Crippen LogP contribution in [-0.2, 0) is 0 Å². The van der Waals surface area contributed by atoms with Crippen molar-refractivity contribution in [1.29, 1.82) is 0 Å². The first-order valence-electron chi connectivity index (χ1n) is 6.57. The molecule has 0 spiro atoms. The molecule has 0 atom stereocenters. The van der Waals surface area contributed by atoms with E-state index in [9.17, 15) is 14.3 Å². The minimum Gasteiger partial charge on any atom is -0.396 e. The van der Waals surface area contributed by atoms with Crippen LogP contribution in [0, 0.1) is 11.7 Å². The molecule has 0 heterocycles. The van der Waals surface area contributed by atoms with Crippen LogP contribution in [0.5, 0.6) is 0 Å². The maximum atomic E-state index is 13.0. The van der Waals surface area contributed by atoms with Crippen molar-refractivity contribution < 1.29 is 14.3 Å². The van der Waals surface area contributed by atoms with Gasteiger partial charge in [-0.2, -0.15) is 0 Å². The number of amides is 1. The molecule has 0 saturated heterocycles. The van der Waals surface area contributed by atoms with E-state index in [0.29, 0.717) is 18.0 Å². The van der Waals surface area contributed by atoms with Crippen LogP contribution in [-0.4, -0.2) is 23.7 Å². The van der Waals surface area contributed by atoms with Gasteiger partial charge in [-0.15, -0.1) is 0 Å². The van der Waals surface area contributed by atoms with Gasteiger partial charge < -0.3 is 16.2 Å². The van der Waals surface area contributed by atoms with Gasteiger partial charge in [-0.05, 0) is 49.8 Å². The average Bonchev–Trinajstić information content (AvgIpc) is 2.41. The summed E-state index contributed by atoms with van der Waals surface area (Å²) in [6.45, 7) is 0.586. The van der Waals surface area contributed by atoms with Gasteiger partial charge in [0.15, 0.2) is 0 Å². The molecular formula is C14H19FN2O2. The number of hydrogen-bond acceptors (Lipinski definition) is 3. The zero-order valence-corrected chi connectivity index (χ0v) is 10.7. The second-order valence-electron chi connectivity index (χ2n) is 5.12. The minimum absolute atomic E-state index is 0.0200. The first-order chi connectivity index (χ1) is 9.06. The molecule has 1 saturated carbocycles. The van der Waals surface area contributed by atoms with Crippen molar-refractivity contribution in [3.8, 4) is 0 Å². The van der Waals surface area contributed by atoms with Gasteiger partial charge >= 0.3 is 0 Å². The first kappa shape index (κ1) is 13.8. The Morgan fingerprint density at radius 1 is 1.37 bits per heavy atom. The number of nitrogens with one attached hydrogen (secondary N) is 1. The summed E-state index contributed by atoms with van der Waals surface area (Å²) in [5.41, 5.74) is 5.78. The average molecular weight is 266 g/mol. The molecule has 104 valence electrons. The van der Waals surface area contributed by atoms with Crippen molar-refractivity contribution >= 4 is 11.6 Å². The summed E-state index contributed by atoms with van der Waals surface area (Å²) in [6.07, 6.45) is 3.25. The van der Waals surface area contributed by atoms with Crippen LogP contribution in [0.4, 0.5) is 10.1 Å². The van der Waals surface area contributed by atoms with Crippen molar-refractivity contribution in [1.82, 2.24) is 5.32 Å². The Labute approximate surface area is 111 Å². The molecule has 0 bridgehead atoms. The smallest absolute Gasteiger partial charge is 0.251 e. The Hall–Kier alpha value is -1.62. The molecule has 0 radical (unpaired) electrons. The maximum Gasteiger partial charge on any atom is 0.251 e. The lowest BCUT2D eigenvalue weighted by atomic mass is 9.87. The van der Waals surface area contributed by atoms with E-state index < -0.39 is 5.82 Å². The second-order valence-corrected chi connectivity index (χ2v) is 5.12. The molecule has 1 aromatic carbocycles. The number of aliphatic hydroxyl groups is 1. The normalized spacial score (nSPS) is 23.1. The fourth-order valence-electron chi connectivity index (χ4n) is 2.37. The van der Waals surface area contributed by atoms with E-state index >= 15 is 0 Å². The number of hydrogen-bond donors (Lipinski definition) is 3. The third kappa shape index (κ3) is 3.67.